The van der Waals surface area contributed by atoms with Gasteiger partial charge < -0.3 is 15.1 Å². The molecule has 1 aliphatic heterocycles. The second-order valence-electron chi connectivity index (χ2n) is 8.25. The van der Waals surface area contributed by atoms with Gasteiger partial charge in [-0.05, 0) is 54.9 Å². The van der Waals surface area contributed by atoms with Gasteiger partial charge in [0.05, 0.1) is 5.69 Å². The minimum absolute atomic E-state index is 0.0242. The lowest BCUT2D eigenvalue weighted by atomic mass is 10.0. The van der Waals surface area contributed by atoms with Gasteiger partial charge in [0.1, 0.15) is 0 Å². The fourth-order valence-corrected chi connectivity index (χ4v) is 3.82. The van der Waals surface area contributed by atoms with Crippen LogP contribution in [0.4, 0.5) is 16.3 Å². The van der Waals surface area contributed by atoms with Crippen LogP contribution < -0.4 is 10.2 Å². The molecule has 2 amide bonds. The van der Waals surface area contributed by atoms with E-state index < -0.39 is 0 Å². The Hall–Kier alpha value is -2.56. The van der Waals surface area contributed by atoms with Crippen molar-refractivity contribution in [2.24, 2.45) is 0 Å². The maximum atomic E-state index is 13.1. The molecule has 2 fully saturated rings. The number of nitrogens with one attached hydrogen (secondary N) is 1. The number of rotatable bonds is 6. The minimum Gasteiger partial charge on any atom is -0.355 e. The second-order valence-corrected chi connectivity index (χ2v) is 8.25. The lowest BCUT2D eigenvalue weighted by Crippen LogP contribution is -2.36. The summed E-state index contributed by atoms with van der Waals surface area (Å²) in [7, 11) is 0. The zero-order valence-corrected chi connectivity index (χ0v) is 16.9. The molecule has 148 valence electrons. The third kappa shape index (κ3) is 4.29. The molecule has 1 aromatic carbocycles. The highest BCUT2D eigenvalue weighted by Crippen LogP contribution is 2.31. The summed E-state index contributed by atoms with van der Waals surface area (Å²) in [4.78, 5) is 21.9. The molecule has 1 N–H and O–H groups in total. The van der Waals surface area contributed by atoms with Crippen molar-refractivity contribution in [1.29, 1.82) is 0 Å². The van der Waals surface area contributed by atoms with Gasteiger partial charge >= 0.3 is 6.03 Å². The molecule has 0 unspecified atom stereocenters. The molecule has 2 heterocycles. The minimum atomic E-state index is -0.0242. The Balaban J connectivity index is 1.47. The molecule has 0 radical (unpaired) electrons. The highest BCUT2D eigenvalue weighted by molar-refractivity contribution is 5.92. The molecule has 2 aromatic rings. The number of urea groups is 1. The summed E-state index contributed by atoms with van der Waals surface area (Å²) in [5.74, 6) is 1.41. The number of anilines is 2. The zero-order chi connectivity index (χ0) is 19.5. The van der Waals surface area contributed by atoms with Crippen LogP contribution in [-0.2, 0) is 6.54 Å². The molecule has 0 atom stereocenters. The maximum Gasteiger partial charge on any atom is 0.322 e. The number of pyridine rings is 1. The van der Waals surface area contributed by atoms with Crippen LogP contribution in [0.5, 0.6) is 0 Å². The Bertz CT molecular complexity index is 808. The molecule has 28 heavy (non-hydrogen) atoms. The van der Waals surface area contributed by atoms with Gasteiger partial charge in [0, 0.05) is 31.9 Å². The van der Waals surface area contributed by atoms with Crippen molar-refractivity contribution >= 4 is 17.5 Å². The monoisotopic (exact) mass is 378 g/mol. The zero-order valence-electron chi connectivity index (χ0n) is 16.9. The van der Waals surface area contributed by atoms with Crippen LogP contribution in [0.1, 0.15) is 56.6 Å². The van der Waals surface area contributed by atoms with Crippen molar-refractivity contribution in [3.05, 3.63) is 53.7 Å². The lowest BCUT2D eigenvalue weighted by Gasteiger charge is -2.25. The lowest BCUT2D eigenvalue weighted by molar-refractivity contribution is 0.206. The summed E-state index contributed by atoms with van der Waals surface area (Å²) in [5, 5.41) is 3.14. The van der Waals surface area contributed by atoms with Gasteiger partial charge in [0.25, 0.3) is 0 Å². The highest BCUT2D eigenvalue weighted by Gasteiger charge is 2.33. The maximum absolute atomic E-state index is 13.1. The Morgan fingerprint density at radius 2 is 1.89 bits per heavy atom. The van der Waals surface area contributed by atoms with Gasteiger partial charge in [0.2, 0.25) is 0 Å². The van der Waals surface area contributed by atoms with E-state index in [1.54, 1.807) is 6.20 Å². The van der Waals surface area contributed by atoms with Gasteiger partial charge in [-0.15, -0.1) is 0 Å². The van der Waals surface area contributed by atoms with Crippen molar-refractivity contribution in [1.82, 2.24) is 9.88 Å². The van der Waals surface area contributed by atoms with E-state index in [1.165, 1.54) is 24.0 Å². The largest absolute Gasteiger partial charge is 0.355 e. The van der Waals surface area contributed by atoms with Gasteiger partial charge in [-0.3, -0.25) is 0 Å². The van der Waals surface area contributed by atoms with Crippen LogP contribution in [0.3, 0.4) is 0 Å². The molecule has 4 rings (SSSR count). The second kappa shape index (κ2) is 8.21. The molecule has 1 saturated carbocycles. The molecule has 1 aromatic heterocycles. The van der Waals surface area contributed by atoms with Gasteiger partial charge in [-0.2, -0.15) is 0 Å². The molecule has 1 aliphatic carbocycles. The summed E-state index contributed by atoms with van der Waals surface area (Å²) in [5.41, 5.74) is 3.32. The van der Waals surface area contributed by atoms with E-state index in [4.69, 9.17) is 0 Å². The van der Waals surface area contributed by atoms with Crippen molar-refractivity contribution in [3.8, 4) is 0 Å². The van der Waals surface area contributed by atoms with E-state index >= 15 is 0 Å². The van der Waals surface area contributed by atoms with E-state index in [1.807, 2.05) is 17.0 Å². The third-order valence-electron chi connectivity index (χ3n) is 5.68. The fourth-order valence-electron chi connectivity index (χ4n) is 3.82. The SMILES string of the molecule is CC(C)c1ccc(CN(C(=O)Nc2cccnc2N2CCCC2)C2CC2)cc1. The van der Waals surface area contributed by atoms with E-state index in [2.05, 4.69) is 53.3 Å². The standard InChI is InChI=1S/C23H30N4O/c1-17(2)19-9-7-18(8-10-19)16-27(20-11-12-20)23(28)25-21-6-5-13-24-22(21)26-14-3-4-15-26/h5-10,13,17,20H,3-4,11-12,14-16H2,1-2H3,(H,25,28). The molecule has 1 saturated heterocycles. The number of benzene rings is 1. The van der Waals surface area contributed by atoms with E-state index in [0.717, 1.165) is 37.4 Å². The summed E-state index contributed by atoms with van der Waals surface area (Å²) >= 11 is 0. The smallest absolute Gasteiger partial charge is 0.322 e. The number of nitrogens with zero attached hydrogens (tertiary/aromatic N) is 3. The number of aromatic nitrogens is 1. The molecular formula is C23H30N4O. The summed E-state index contributed by atoms with van der Waals surface area (Å²) < 4.78 is 0. The molecule has 2 aliphatic rings. The van der Waals surface area contributed by atoms with Gasteiger partial charge in [-0.25, -0.2) is 9.78 Å². The Kier molecular flexibility index (Phi) is 5.51. The number of hydrogen-bond acceptors (Lipinski definition) is 3. The quantitative estimate of drug-likeness (QED) is 0.769. The first-order valence-corrected chi connectivity index (χ1v) is 10.5. The van der Waals surface area contributed by atoms with Crippen molar-refractivity contribution < 1.29 is 4.79 Å². The summed E-state index contributed by atoms with van der Waals surface area (Å²) in [6.07, 6.45) is 6.35. The summed E-state index contributed by atoms with van der Waals surface area (Å²) in [6.45, 7) is 7.06. The van der Waals surface area contributed by atoms with Crippen molar-refractivity contribution in [2.45, 2.75) is 58.0 Å². The first kappa shape index (κ1) is 18.8. The Morgan fingerprint density at radius 1 is 1.18 bits per heavy atom. The van der Waals surface area contributed by atoms with Gasteiger partial charge in [-0.1, -0.05) is 38.1 Å². The number of carbonyl (C=O) groups excluding carboxylic acids is 1. The van der Waals surface area contributed by atoms with E-state index in [9.17, 15) is 4.79 Å². The van der Waals surface area contributed by atoms with Crippen LogP contribution in [0.15, 0.2) is 42.6 Å². The normalized spacial score (nSPS) is 16.5. The first-order valence-electron chi connectivity index (χ1n) is 10.5. The van der Waals surface area contributed by atoms with Crippen molar-refractivity contribution in [2.75, 3.05) is 23.3 Å². The summed E-state index contributed by atoms with van der Waals surface area (Å²) in [6, 6.07) is 12.8. The van der Waals surface area contributed by atoms with E-state index in [-0.39, 0.29) is 6.03 Å². The van der Waals surface area contributed by atoms with Crippen LogP contribution in [-0.4, -0.2) is 35.0 Å². The topological polar surface area (TPSA) is 48.5 Å². The van der Waals surface area contributed by atoms with Crippen LogP contribution >= 0.6 is 0 Å². The van der Waals surface area contributed by atoms with Crippen LogP contribution in [0, 0.1) is 0 Å². The molecule has 5 heteroatoms. The average molecular weight is 379 g/mol. The molecule has 0 bridgehead atoms. The van der Waals surface area contributed by atoms with Crippen molar-refractivity contribution in [3.63, 3.8) is 0 Å². The average Bonchev–Trinajstić information content (AvgIpc) is 3.40. The predicted molar refractivity (Wildman–Crippen MR) is 114 cm³/mol. The molecular weight excluding hydrogens is 348 g/mol. The first-order chi connectivity index (χ1) is 13.6. The predicted octanol–water partition coefficient (Wildman–Crippen LogP) is 5.00. The Labute approximate surface area is 167 Å². The number of carbonyl (C=O) groups is 1. The fraction of sp³-hybridized carbons (Fsp3) is 0.478. The number of amides is 2. The molecule has 0 spiro atoms. The highest BCUT2D eigenvalue weighted by atomic mass is 16.2. The van der Waals surface area contributed by atoms with Crippen LogP contribution in [0.25, 0.3) is 0 Å². The Morgan fingerprint density at radius 3 is 2.54 bits per heavy atom. The number of hydrogen-bond donors (Lipinski definition) is 1. The van der Waals surface area contributed by atoms with E-state index in [0.29, 0.717) is 18.5 Å². The van der Waals surface area contributed by atoms with Crippen LogP contribution in [0.2, 0.25) is 0 Å². The molecule has 5 nitrogen and oxygen atoms in total. The van der Waals surface area contributed by atoms with Gasteiger partial charge in [0.15, 0.2) is 5.82 Å². The third-order valence-corrected chi connectivity index (χ3v) is 5.68.